The summed E-state index contributed by atoms with van der Waals surface area (Å²) in [6, 6.07) is 0. The molecule has 1 heterocycles. The third kappa shape index (κ3) is 2.97. The Bertz CT molecular complexity index is 384. The van der Waals surface area contributed by atoms with E-state index >= 15 is 0 Å². The van der Waals surface area contributed by atoms with Crippen molar-refractivity contribution in [2.45, 2.75) is 45.6 Å². The van der Waals surface area contributed by atoms with Crippen molar-refractivity contribution in [3.63, 3.8) is 0 Å². The Morgan fingerprint density at radius 3 is 2.45 bits per heavy atom. The maximum atomic E-state index is 12.6. The summed E-state index contributed by atoms with van der Waals surface area (Å²) >= 11 is 0. The van der Waals surface area contributed by atoms with Gasteiger partial charge in [0, 0.05) is 13.1 Å². The first-order valence-electron chi connectivity index (χ1n) is 7.63. The summed E-state index contributed by atoms with van der Waals surface area (Å²) in [5.41, 5.74) is 0. The van der Waals surface area contributed by atoms with Crippen LogP contribution < -0.4 is 0 Å². The number of carboxylic acids is 1. The van der Waals surface area contributed by atoms with Gasteiger partial charge in [-0.15, -0.1) is 0 Å². The first-order chi connectivity index (χ1) is 9.43. The number of piperidine rings is 1. The molecule has 2 N–H and O–H groups in total. The Balaban J connectivity index is 2.05. The van der Waals surface area contributed by atoms with Gasteiger partial charge in [0.05, 0.1) is 17.9 Å². The van der Waals surface area contributed by atoms with Crippen LogP contribution in [0.1, 0.15) is 39.5 Å². The predicted molar refractivity (Wildman–Crippen MR) is 74.0 cm³/mol. The number of carbonyl (C=O) groups excluding carboxylic acids is 1. The van der Waals surface area contributed by atoms with Crippen LogP contribution in [0.5, 0.6) is 0 Å². The second-order valence-electron chi connectivity index (χ2n) is 6.41. The van der Waals surface area contributed by atoms with Crippen LogP contribution in [-0.4, -0.2) is 46.2 Å². The molecule has 0 aromatic carbocycles. The average Bonchev–Trinajstić information content (AvgIpc) is 2.85. The zero-order valence-corrected chi connectivity index (χ0v) is 12.3. The standard InChI is InChI=1S/C15H25NO4/c1-3-10-6-11(12(7-10)15(19)20)14(18)16-5-4-9(2)13(17)8-16/h9-13,17H,3-8H2,1-2H3,(H,19,20). The van der Waals surface area contributed by atoms with Gasteiger partial charge in [-0.2, -0.15) is 0 Å². The molecule has 20 heavy (non-hydrogen) atoms. The number of carboxylic acid groups (broad SMARTS) is 1. The molecule has 2 fully saturated rings. The molecule has 0 bridgehead atoms. The molecule has 5 heteroatoms. The summed E-state index contributed by atoms with van der Waals surface area (Å²) in [7, 11) is 0. The van der Waals surface area contributed by atoms with Crippen molar-refractivity contribution in [3.8, 4) is 0 Å². The number of β-amino-alcohol motifs (C(OH)–C–C–N with tert-alkyl or cyclic N) is 1. The van der Waals surface area contributed by atoms with Crippen LogP contribution in [0, 0.1) is 23.7 Å². The minimum atomic E-state index is -0.856. The second-order valence-corrected chi connectivity index (χ2v) is 6.41. The minimum absolute atomic E-state index is 0.0701. The summed E-state index contributed by atoms with van der Waals surface area (Å²) in [5, 5.41) is 19.2. The van der Waals surface area contributed by atoms with Crippen molar-refractivity contribution in [3.05, 3.63) is 0 Å². The maximum absolute atomic E-state index is 12.6. The van der Waals surface area contributed by atoms with Gasteiger partial charge in [-0.05, 0) is 31.1 Å². The molecule has 1 saturated heterocycles. The van der Waals surface area contributed by atoms with E-state index in [1.807, 2.05) is 13.8 Å². The van der Waals surface area contributed by atoms with Crippen molar-refractivity contribution in [2.75, 3.05) is 13.1 Å². The quantitative estimate of drug-likeness (QED) is 0.819. The molecule has 2 rings (SSSR count). The monoisotopic (exact) mass is 283 g/mol. The molecule has 1 amide bonds. The summed E-state index contributed by atoms with van der Waals surface area (Å²) in [4.78, 5) is 25.6. The molecule has 1 saturated carbocycles. The fraction of sp³-hybridized carbons (Fsp3) is 0.867. The average molecular weight is 283 g/mol. The zero-order chi connectivity index (χ0) is 14.9. The molecule has 5 unspecified atom stereocenters. The van der Waals surface area contributed by atoms with E-state index < -0.39 is 23.9 Å². The molecular weight excluding hydrogens is 258 g/mol. The highest BCUT2D eigenvalue weighted by atomic mass is 16.4. The lowest BCUT2D eigenvalue weighted by atomic mass is 9.91. The van der Waals surface area contributed by atoms with Gasteiger partial charge < -0.3 is 15.1 Å². The number of aliphatic hydroxyl groups excluding tert-OH is 1. The lowest BCUT2D eigenvalue weighted by molar-refractivity contribution is -0.150. The summed E-state index contributed by atoms with van der Waals surface area (Å²) in [6.45, 7) is 5.01. The third-order valence-electron chi connectivity index (χ3n) is 5.10. The number of amides is 1. The Labute approximate surface area is 120 Å². The van der Waals surface area contributed by atoms with Crippen LogP contribution in [0.2, 0.25) is 0 Å². The van der Waals surface area contributed by atoms with Gasteiger partial charge in [0.1, 0.15) is 0 Å². The molecule has 5 nitrogen and oxygen atoms in total. The summed E-state index contributed by atoms with van der Waals surface area (Å²) in [5.74, 6) is -1.34. The molecule has 1 aliphatic carbocycles. The van der Waals surface area contributed by atoms with Crippen LogP contribution in [0.25, 0.3) is 0 Å². The summed E-state index contributed by atoms with van der Waals surface area (Å²) in [6.07, 6.45) is 2.50. The van der Waals surface area contributed by atoms with Crippen LogP contribution in [0.15, 0.2) is 0 Å². The van der Waals surface area contributed by atoms with E-state index in [2.05, 4.69) is 0 Å². The highest BCUT2D eigenvalue weighted by molar-refractivity contribution is 5.85. The van der Waals surface area contributed by atoms with Gasteiger partial charge in [-0.25, -0.2) is 0 Å². The topological polar surface area (TPSA) is 77.8 Å². The number of hydrogen-bond acceptors (Lipinski definition) is 3. The number of rotatable bonds is 3. The third-order valence-corrected chi connectivity index (χ3v) is 5.10. The second kappa shape index (κ2) is 6.12. The van der Waals surface area contributed by atoms with Crippen molar-refractivity contribution in [1.82, 2.24) is 4.90 Å². The van der Waals surface area contributed by atoms with Gasteiger partial charge in [-0.3, -0.25) is 9.59 Å². The predicted octanol–water partition coefficient (Wildman–Crippen LogP) is 1.35. The smallest absolute Gasteiger partial charge is 0.307 e. The summed E-state index contributed by atoms with van der Waals surface area (Å²) < 4.78 is 0. The van der Waals surface area contributed by atoms with Crippen molar-refractivity contribution in [2.24, 2.45) is 23.7 Å². The van der Waals surface area contributed by atoms with E-state index in [1.54, 1.807) is 4.90 Å². The molecule has 2 aliphatic rings. The number of aliphatic carboxylic acids is 1. The molecule has 0 radical (unpaired) electrons. The first-order valence-corrected chi connectivity index (χ1v) is 7.63. The van der Waals surface area contributed by atoms with Gasteiger partial charge in [0.25, 0.3) is 0 Å². The molecule has 1 aliphatic heterocycles. The fourth-order valence-electron chi connectivity index (χ4n) is 3.51. The van der Waals surface area contributed by atoms with E-state index in [1.165, 1.54) is 0 Å². The van der Waals surface area contributed by atoms with Gasteiger partial charge in [-0.1, -0.05) is 20.3 Å². The number of nitrogens with zero attached hydrogens (tertiary/aromatic N) is 1. The molecule has 5 atom stereocenters. The van der Waals surface area contributed by atoms with E-state index in [0.29, 0.717) is 31.8 Å². The lowest BCUT2D eigenvalue weighted by Crippen LogP contribution is -2.48. The SMILES string of the molecule is CCC1CC(C(=O)O)C(C(=O)N2CCC(C)C(O)C2)C1. The Kier molecular flexibility index (Phi) is 4.68. The van der Waals surface area contributed by atoms with E-state index in [9.17, 15) is 19.8 Å². The van der Waals surface area contributed by atoms with Gasteiger partial charge in [0.15, 0.2) is 0 Å². The van der Waals surface area contributed by atoms with Crippen molar-refractivity contribution >= 4 is 11.9 Å². The van der Waals surface area contributed by atoms with Crippen LogP contribution in [0.3, 0.4) is 0 Å². The van der Waals surface area contributed by atoms with Gasteiger partial charge >= 0.3 is 5.97 Å². The number of likely N-dealkylation sites (tertiary alicyclic amines) is 1. The lowest BCUT2D eigenvalue weighted by Gasteiger charge is -2.36. The van der Waals surface area contributed by atoms with Crippen LogP contribution >= 0.6 is 0 Å². The molecule has 0 aromatic heterocycles. The van der Waals surface area contributed by atoms with E-state index in [0.717, 1.165) is 12.8 Å². The number of carbonyl (C=O) groups is 2. The van der Waals surface area contributed by atoms with E-state index in [4.69, 9.17) is 0 Å². The Morgan fingerprint density at radius 1 is 1.25 bits per heavy atom. The molecule has 114 valence electrons. The fourth-order valence-corrected chi connectivity index (χ4v) is 3.51. The highest BCUT2D eigenvalue weighted by Crippen LogP contribution is 2.39. The number of hydrogen-bond donors (Lipinski definition) is 2. The normalized spacial score (nSPS) is 38.0. The Hall–Kier alpha value is -1.10. The largest absolute Gasteiger partial charge is 0.481 e. The molecule has 0 aromatic rings. The maximum Gasteiger partial charge on any atom is 0.307 e. The molecular formula is C15H25NO4. The van der Waals surface area contributed by atoms with Gasteiger partial charge in [0.2, 0.25) is 5.91 Å². The number of aliphatic hydroxyl groups is 1. The molecule has 0 spiro atoms. The highest BCUT2D eigenvalue weighted by Gasteiger charge is 2.44. The van der Waals surface area contributed by atoms with Crippen molar-refractivity contribution in [1.29, 1.82) is 0 Å². The zero-order valence-electron chi connectivity index (χ0n) is 12.3. The van der Waals surface area contributed by atoms with Crippen LogP contribution in [-0.2, 0) is 9.59 Å². The minimum Gasteiger partial charge on any atom is -0.481 e. The first kappa shape index (κ1) is 15.3. The Morgan fingerprint density at radius 2 is 1.90 bits per heavy atom. The van der Waals surface area contributed by atoms with Crippen LogP contribution in [0.4, 0.5) is 0 Å². The van der Waals surface area contributed by atoms with E-state index in [-0.39, 0.29) is 11.8 Å². The van der Waals surface area contributed by atoms with Crippen molar-refractivity contribution < 1.29 is 19.8 Å².